The molecule has 1 aromatic heterocycles. The van der Waals surface area contributed by atoms with E-state index in [0.29, 0.717) is 27.8 Å². The van der Waals surface area contributed by atoms with Gasteiger partial charge in [0.2, 0.25) is 5.78 Å². The predicted molar refractivity (Wildman–Crippen MR) is 139 cm³/mol. The van der Waals surface area contributed by atoms with Gasteiger partial charge in [0.15, 0.2) is 6.29 Å². The van der Waals surface area contributed by atoms with Crippen molar-refractivity contribution in [2.45, 2.75) is 33.0 Å². The number of hydrogen-bond donors (Lipinski definition) is 2. The number of H-pyrrole nitrogens is 1. The third kappa shape index (κ3) is 7.63. The van der Waals surface area contributed by atoms with Gasteiger partial charge in [-0.3, -0.25) is 23.7 Å². The molecule has 2 aromatic carbocycles. The first-order valence-corrected chi connectivity index (χ1v) is 11.6. The number of ether oxygens (including phenoxy) is 2. The first kappa shape index (κ1) is 29.0. The van der Waals surface area contributed by atoms with Crippen molar-refractivity contribution in [3.8, 4) is 5.69 Å². The van der Waals surface area contributed by atoms with E-state index in [1.54, 1.807) is 50.2 Å². The zero-order valence-corrected chi connectivity index (χ0v) is 21.8. The van der Waals surface area contributed by atoms with Gasteiger partial charge in [0.1, 0.15) is 0 Å². The van der Waals surface area contributed by atoms with Crippen LogP contribution < -0.4 is 16.4 Å². The molecule has 0 atom stereocenters. The van der Waals surface area contributed by atoms with Gasteiger partial charge in [-0.05, 0) is 49.2 Å². The van der Waals surface area contributed by atoms with E-state index in [9.17, 15) is 19.2 Å². The predicted octanol–water partition coefficient (Wildman–Crippen LogP) is 4.04. The van der Waals surface area contributed by atoms with Crippen LogP contribution in [0.3, 0.4) is 0 Å². The number of rotatable bonds is 8. The van der Waals surface area contributed by atoms with Crippen LogP contribution in [-0.4, -0.2) is 41.8 Å². The summed E-state index contributed by atoms with van der Waals surface area (Å²) in [5.74, 6) is -1.19. The molecule has 36 heavy (non-hydrogen) atoms. The molecule has 0 saturated heterocycles. The van der Waals surface area contributed by atoms with Crippen molar-refractivity contribution in [3.05, 3.63) is 90.7 Å². The molecule has 1 amide bonds. The fraction of sp³-hybridized carbons (Fsp3) is 0.280. The fourth-order valence-corrected chi connectivity index (χ4v) is 3.45. The highest BCUT2D eigenvalue weighted by molar-refractivity contribution is 6.41. The van der Waals surface area contributed by atoms with E-state index in [1.165, 1.54) is 31.2 Å². The number of hydrogen-bond acceptors (Lipinski definition) is 6. The van der Waals surface area contributed by atoms with E-state index in [0.717, 1.165) is 11.1 Å². The van der Waals surface area contributed by atoms with E-state index >= 15 is 0 Å². The van der Waals surface area contributed by atoms with Crippen molar-refractivity contribution in [1.29, 1.82) is 0 Å². The van der Waals surface area contributed by atoms with Crippen LogP contribution in [0.25, 0.3) is 5.69 Å². The highest BCUT2D eigenvalue weighted by Crippen LogP contribution is 2.23. The Bertz CT molecular complexity index is 1330. The zero-order chi connectivity index (χ0) is 26.8. The van der Waals surface area contributed by atoms with E-state index in [2.05, 4.69) is 10.3 Å². The number of aromatic amines is 1. The second-order valence-electron chi connectivity index (χ2n) is 7.58. The summed E-state index contributed by atoms with van der Waals surface area (Å²) in [5, 5.41) is 3.65. The number of halogens is 2. The smallest absolute Gasteiger partial charge is 0.320 e. The lowest BCUT2D eigenvalue weighted by Crippen LogP contribution is -2.34. The summed E-state index contributed by atoms with van der Waals surface area (Å²) in [6, 6.07) is 10.3. The van der Waals surface area contributed by atoms with Gasteiger partial charge < -0.3 is 19.8 Å². The number of carbonyl (C=O) groups excluding carboxylic acids is 2. The highest BCUT2D eigenvalue weighted by Gasteiger charge is 2.17. The Morgan fingerprint density at radius 2 is 1.61 bits per heavy atom. The molecule has 0 bridgehead atoms. The molecule has 0 spiro atoms. The summed E-state index contributed by atoms with van der Waals surface area (Å²) in [4.78, 5) is 48.6. The first-order valence-electron chi connectivity index (χ1n) is 10.8. The number of anilines is 1. The fourth-order valence-electron chi connectivity index (χ4n) is 3.10. The highest BCUT2D eigenvalue weighted by atomic mass is 35.5. The number of methoxy groups -OCH3 is 2. The number of carbonyl (C=O) groups is 2. The lowest BCUT2D eigenvalue weighted by atomic mass is 10.1. The Labute approximate surface area is 218 Å². The Morgan fingerprint density at radius 3 is 2.25 bits per heavy atom. The number of aromatic nitrogens is 2. The van der Waals surface area contributed by atoms with Crippen molar-refractivity contribution in [3.63, 3.8) is 0 Å². The summed E-state index contributed by atoms with van der Waals surface area (Å²) in [5.41, 5.74) is 1.36. The third-order valence-electron chi connectivity index (χ3n) is 5.25. The van der Waals surface area contributed by atoms with E-state index in [-0.39, 0.29) is 6.42 Å². The summed E-state index contributed by atoms with van der Waals surface area (Å²) >= 11 is 11.9. The monoisotopic (exact) mass is 535 g/mol. The van der Waals surface area contributed by atoms with Crippen LogP contribution in [0.4, 0.5) is 5.69 Å². The van der Waals surface area contributed by atoms with Crippen molar-refractivity contribution in [1.82, 2.24) is 9.55 Å². The molecule has 192 valence electrons. The van der Waals surface area contributed by atoms with Gasteiger partial charge in [-0.2, -0.15) is 0 Å². The largest absolute Gasteiger partial charge is 0.356 e. The van der Waals surface area contributed by atoms with Crippen LogP contribution in [0, 0.1) is 13.8 Å². The van der Waals surface area contributed by atoms with Gasteiger partial charge in [0, 0.05) is 55.2 Å². The molecule has 0 aliphatic heterocycles. The Hall–Kier alpha value is -3.24. The Kier molecular flexibility index (Phi) is 11.1. The van der Waals surface area contributed by atoms with E-state index in [1.807, 2.05) is 0 Å². The lowest BCUT2D eigenvalue weighted by Gasteiger charge is -2.12. The second-order valence-corrected chi connectivity index (χ2v) is 8.39. The minimum absolute atomic E-state index is 0.0534. The SMILES string of the molecule is COC(CCC(=O)C(=O)Nc1cccc(Cl)c1C)OC.Cc1c(Cl)cccc1-n1cc[nH]c(=O)c1=O. The molecule has 0 aliphatic carbocycles. The van der Waals surface area contributed by atoms with Gasteiger partial charge >= 0.3 is 11.1 Å². The summed E-state index contributed by atoms with van der Waals surface area (Å²) < 4.78 is 11.2. The standard InChI is InChI=1S/C14H18ClNO4.C11H9ClN2O2/c1-9-10(15)5-4-6-11(9)16-14(18)12(17)7-8-13(19-2)20-3;1-7-8(12)3-2-4-9(7)14-6-5-13-10(15)11(14)16/h4-6,13H,7-8H2,1-3H3,(H,16,18);2-6H,1H3,(H,13,15). The van der Waals surface area contributed by atoms with Crippen molar-refractivity contribution < 1.29 is 19.1 Å². The van der Waals surface area contributed by atoms with Crippen LogP contribution in [0.1, 0.15) is 24.0 Å². The van der Waals surface area contributed by atoms with Gasteiger partial charge in [0.05, 0.1) is 5.69 Å². The number of amides is 1. The summed E-state index contributed by atoms with van der Waals surface area (Å²) in [6.07, 6.45) is 2.82. The number of nitrogens with zero attached hydrogens (tertiary/aromatic N) is 1. The minimum atomic E-state index is -0.665. The summed E-state index contributed by atoms with van der Waals surface area (Å²) in [6.45, 7) is 3.57. The molecule has 3 aromatic rings. The number of nitrogens with one attached hydrogen (secondary N) is 2. The maximum atomic E-state index is 11.8. The van der Waals surface area contributed by atoms with Gasteiger partial charge in [0.25, 0.3) is 5.91 Å². The van der Waals surface area contributed by atoms with Crippen LogP contribution >= 0.6 is 23.2 Å². The van der Waals surface area contributed by atoms with Gasteiger partial charge in [-0.1, -0.05) is 35.3 Å². The molecule has 0 saturated carbocycles. The third-order valence-corrected chi connectivity index (χ3v) is 6.07. The van der Waals surface area contributed by atoms with Crippen LogP contribution in [-0.2, 0) is 19.1 Å². The number of ketones is 1. The minimum Gasteiger partial charge on any atom is -0.356 e. The van der Waals surface area contributed by atoms with Crippen molar-refractivity contribution >= 4 is 40.6 Å². The Balaban J connectivity index is 0.000000259. The molecule has 0 unspecified atom stereocenters. The zero-order valence-electron chi connectivity index (χ0n) is 20.3. The molecular formula is C25H27Cl2N3O6. The van der Waals surface area contributed by atoms with Crippen LogP contribution in [0.15, 0.2) is 58.4 Å². The van der Waals surface area contributed by atoms with Crippen molar-refractivity contribution in [2.24, 2.45) is 0 Å². The normalized spacial score (nSPS) is 10.5. The molecule has 3 rings (SSSR count). The van der Waals surface area contributed by atoms with Gasteiger partial charge in [-0.15, -0.1) is 0 Å². The van der Waals surface area contributed by atoms with E-state index in [4.69, 9.17) is 32.7 Å². The molecule has 11 heteroatoms. The first-order chi connectivity index (χ1) is 17.1. The second kappa shape index (κ2) is 13.7. The van der Waals surface area contributed by atoms with E-state index < -0.39 is 29.1 Å². The molecule has 0 aliphatic rings. The molecule has 0 fully saturated rings. The Morgan fingerprint density at radius 1 is 1.00 bits per heavy atom. The van der Waals surface area contributed by atoms with Crippen LogP contribution in [0.2, 0.25) is 10.0 Å². The molecule has 1 heterocycles. The summed E-state index contributed by atoms with van der Waals surface area (Å²) in [7, 11) is 2.96. The van der Waals surface area contributed by atoms with Gasteiger partial charge in [-0.25, -0.2) is 0 Å². The average Bonchev–Trinajstić information content (AvgIpc) is 2.86. The van der Waals surface area contributed by atoms with Crippen molar-refractivity contribution in [2.75, 3.05) is 19.5 Å². The molecule has 2 N–H and O–H groups in total. The average molecular weight is 536 g/mol. The molecule has 0 radical (unpaired) electrons. The quantitative estimate of drug-likeness (QED) is 0.331. The molecular weight excluding hydrogens is 509 g/mol. The van der Waals surface area contributed by atoms with Crippen LogP contribution in [0.5, 0.6) is 0 Å². The topological polar surface area (TPSA) is 119 Å². The number of Topliss-reactive ketones (excluding diaryl/α,β-unsaturated/α-hetero) is 1. The maximum Gasteiger partial charge on any atom is 0.320 e. The maximum absolute atomic E-state index is 11.8. The lowest BCUT2D eigenvalue weighted by molar-refractivity contribution is -0.138. The number of benzene rings is 2. The molecule has 9 nitrogen and oxygen atoms in total.